The number of rotatable bonds is 4. The first-order valence-corrected chi connectivity index (χ1v) is 7.38. The molecule has 0 fully saturated rings. The zero-order valence-electron chi connectivity index (χ0n) is 11.8. The maximum Gasteiger partial charge on any atom is 0.216 e. The van der Waals surface area contributed by atoms with E-state index in [1.54, 1.807) is 12.1 Å². The molecule has 0 aromatic heterocycles. The van der Waals surface area contributed by atoms with E-state index in [0.29, 0.717) is 23.6 Å². The number of benzene rings is 2. The van der Waals surface area contributed by atoms with Gasteiger partial charge in [0.15, 0.2) is 5.05 Å². The van der Waals surface area contributed by atoms with Crippen LogP contribution in [0.15, 0.2) is 60.7 Å². The van der Waals surface area contributed by atoms with Crippen molar-refractivity contribution in [3.8, 4) is 6.07 Å². The summed E-state index contributed by atoms with van der Waals surface area (Å²) in [7, 11) is 0. The summed E-state index contributed by atoms with van der Waals surface area (Å²) in [5.74, 6) is 0. The lowest BCUT2D eigenvalue weighted by molar-refractivity contribution is 0.109. The van der Waals surface area contributed by atoms with Crippen LogP contribution in [-0.2, 0) is 4.74 Å². The van der Waals surface area contributed by atoms with Gasteiger partial charge in [-0.2, -0.15) is 5.26 Å². The average molecular weight is 329 g/mol. The zero-order valence-corrected chi connectivity index (χ0v) is 13.5. The quantitative estimate of drug-likeness (QED) is 0.522. The van der Waals surface area contributed by atoms with Gasteiger partial charge in [-0.1, -0.05) is 60.7 Å². The van der Waals surface area contributed by atoms with Gasteiger partial charge < -0.3 is 4.74 Å². The van der Waals surface area contributed by atoms with E-state index in [-0.39, 0.29) is 5.12 Å². The number of ether oxygens (including phenoxy) is 1. The topological polar surface area (TPSA) is 50.1 Å². The number of nitrogens with zero attached hydrogens (tertiary/aromatic N) is 1. The molecule has 2 rings (SSSR count). The molecule has 0 amide bonds. The highest BCUT2D eigenvalue weighted by Crippen LogP contribution is 2.02. The largest absolute Gasteiger partial charge is 0.482 e. The molecule has 0 N–H and O–H groups in total. The third-order valence-electron chi connectivity index (χ3n) is 2.48. The molecule has 2 aromatic rings. The summed E-state index contributed by atoms with van der Waals surface area (Å²) in [6.45, 7) is 0.365. The van der Waals surface area contributed by atoms with Crippen LogP contribution in [0.3, 0.4) is 0 Å². The molecule has 0 bridgehead atoms. The predicted molar refractivity (Wildman–Crippen MR) is 94.1 cm³/mol. The Morgan fingerprint density at radius 3 is 1.95 bits per heavy atom. The molecule has 3 nitrogen and oxygen atoms in total. The van der Waals surface area contributed by atoms with Crippen molar-refractivity contribution in [2.75, 3.05) is 6.61 Å². The van der Waals surface area contributed by atoms with Crippen molar-refractivity contribution in [2.24, 2.45) is 0 Å². The van der Waals surface area contributed by atoms with Gasteiger partial charge in [0.1, 0.15) is 6.61 Å². The van der Waals surface area contributed by atoms with E-state index in [1.165, 1.54) is 0 Å². The van der Waals surface area contributed by atoms with E-state index < -0.39 is 0 Å². The van der Waals surface area contributed by atoms with Crippen LogP contribution in [0.1, 0.15) is 22.3 Å². The second-order valence-corrected chi connectivity index (χ2v) is 4.86. The molecule has 0 radical (unpaired) electrons. The normalized spacial score (nSPS) is 8.91. The van der Waals surface area contributed by atoms with Gasteiger partial charge >= 0.3 is 0 Å². The molecule has 0 aliphatic carbocycles. The van der Waals surface area contributed by atoms with Crippen LogP contribution >= 0.6 is 24.8 Å². The van der Waals surface area contributed by atoms with E-state index in [2.05, 4.69) is 12.6 Å². The highest BCUT2D eigenvalue weighted by atomic mass is 32.1. The molecule has 5 heteroatoms. The number of thiol groups is 1. The molecule has 2 aromatic carbocycles. The molecule has 112 valence electrons. The van der Waals surface area contributed by atoms with Crippen LogP contribution in [0.25, 0.3) is 0 Å². The predicted octanol–water partition coefficient (Wildman–Crippen LogP) is 4.05. The lowest BCUT2D eigenvalue weighted by Gasteiger charge is -2.04. The number of nitriles is 1. The SMILES string of the molecule is N#CCCOC(=S)c1ccccc1.O=C(S)c1ccccc1. The van der Waals surface area contributed by atoms with E-state index in [9.17, 15) is 4.79 Å². The van der Waals surface area contributed by atoms with Crippen LogP contribution < -0.4 is 0 Å². The van der Waals surface area contributed by atoms with Crippen molar-refractivity contribution in [3.63, 3.8) is 0 Å². The number of carbonyl (C=O) groups excluding carboxylic acids is 1. The molecular weight excluding hydrogens is 314 g/mol. The minimum Gasteiger partial charge on any atom is -0.482 e. The lowest BCUT2D eigenvalue weighted by atomic mass is 10.2. The molecule has 0 saturated heterocycles. The fourth-order valence-electron chi connectivity index (χ4n) is 1.43. The summed E-state index contributed by atoms with van der Waals surface area (Å²) in [6, 6.07) is 20.4. The highest BCUT2D eigenvalue weighted by molar-refractivity contribution is 7.97. The second-order valence-electron chi connectivity index (χ2n) is 4.08. The molecule has 0 unspecified atom stereocenters. The van der Waals surface area contributed by atoms with Crippen molar-refractivity contribution >= 4 is 35.0 Å². The first-order chi connectivity index (χ1) is 10.6. The maximum atomic E-state index is 10.5. The fraction of sp³-hybridized carbons (Fsp3) is 0.118. The molecule has 0 saturated carbocycles. The monoisotopic (exact) mass is 329 g/mol. The summed E-state index contributed by atoms with van der Waals surface area (Å²) in [6.07, 6.45) is 0.368. The first-order valence-electron chi connectivity index (χ1n) is 6.52. The minimum atomic E-state index is -0.185. The van der Waals surface area contributed by atoms with Crippen LogP contribution in [0.4, 0.5) is 0 Å². The zero-order chi connectivity index (χ0) is 16.2. The van der Waals surface area contributed by atoms with Crippen LogP contribution in [0.2, 0.25) is 0 Å². The van der Waals surface area contributed by atoms with E-state index in [0.717, 1.165) is 5.56 Å². The number of hydrogen-bond acceptors (Lipinski definition) is 4. The Morgan fingerprint density at radius 1 is 1.05 bits per heavy atom. The van der Waals surface area contributed by atoms with Crippen molar-refractivity contribution in [2.45, 2.75) is 6.42 Å². The Bertz CT molecular complexity index is 637. The van der Waals surface area contributed by atoms with Gasteiger partial charge in [-0.05, 0) is 12.2 Å². The van der Waals surface area contributed by atoms with Gasteiger partial charge in [0, 0.05) is 11.1 Å². The summed E-state index contributed by atoms with van der Waals surface area (Å²) in [5.41, 5.74) is 1.52. The Labute approximate surface area is 141 Å². The minimum absolute atomic E-state index is 0.185. The Hall–Kier alpha value is -2.16. The van der Waals surface area contributed by atoms with E-state index in [4.69, 9.17) is 22.2 Å². The summed E-state index contributed by atoms with van der Waals surface area (Å²) < 4.78 is 5.18. The Kier molecular flexibility index (Phi) is 8.58. The van der Waals surface area contributed by atoms with Gasteiger partial charge in [-0.3, -0.25) is 4.79 Å². The molecule has 0 aliphatic rings. The summed E-state index contributed by atoms with van der Waals surface area (Å²) in [4.78, 5) is 10.5. The van der Waals surface area contributed by atoms with Crippen LogP contribution in [-0.4, -0.2) is 16.8 Å². The van der Waals surface area contributed by atoms with Crippen molar-refractivity contribution in [1.82, 2.24) is 0 Å². The molecule has 0 atom stereocenters. The number of hydrogen-bond donors (Lipinski definition) is 1. The second kappa shape index (κ2) is 10.6. The van der Waals surface area contributed by atoms with Crippen LogP contribution in [0.5, 0.6) is 0 Å². The van der Waals surface area contributed by atoms with Gasteiger partial charge in [0.2, 0.25) is 5.12 Å². The standard InChI is InChI=1S/C10H9NOS.C7H6OS/c11-7-4-8-12-10(13)9-5-2-1-3-6-9;8-7(9)6-4-2-1-3-5-6/h1-3,5-6H,4,8H2;1-5H,(H,8,9). The van der Waals surface area contributed by atoms with Crippen LogP contribution in [0, 0.1) is 11.3 Å². The lowest BCUT2D eigenvalue weighted by Crippen LogP contribution is -2.04. The number of carbonyl (C=O) groups is 1. The molecule has 0 aliphatic heterocycles. The van der Waals surface area contributed by atoms with Gasteiger partial charge in [0.25, 0.3) is 0 Å². The Balaban J connectivity index is 0.000000235. The highest BCUT2D eigenvalue weighted by Gasteiger charge is 1.99. The van der Waals surface area contributed by atoms with E-state index in [1.807, 2.05) is 54.6 Å². The fourth-order valence-corrected chi connectivity index (χ4v) is 1.80. The summed E-state index contributed by atoms with van der Waals surface area (Å²) in [5, 5.41) is 8.55. The van der Waals surface area contributed by atoms with Gasteiger partial charge in [-0.25, -0.2) is 0 Å². The Morgan fingerprint density at radius 2 is 1.55 bits per heavy atom. The van der Waals surface area contributed by atoms with Crippen molar-refractivity contribution in [1.29, 1.82) is 5.26 Å². The molecule has 0 spiro atoms. The third kappa shape index (κ3) is 7.02. The summed E-state index contributed by atoms with van der Waals surface area (Å²) >= 11 is 8.65. The van der Waals surface area contributed by atoms with Crippen molar-refractivity contribution in [3.05, 3.63) is 71.8 Å². The van der Waals surface area contributed by atoms with Gasteiger partial charge in [0.05, 0.1) is 12.5 Å². The third-order valence-corrected chi connectivity index (χ3v) is 3.09. The average Bonchev–Trinajstić information content (AvgIpc) is 2.57. The van der Waals surface area contributed by atoms with Gasteiger partial charge in [-0.15, -0.1) is 12.6 Å². The molecule has 22 heavy (non-hydrogen) atoms. The first kappa shape index (κ1) is 17.9. The smallest absolute Gasteiger partial charge is 0.216 e. The number of thiocarbonyl (C=S) groups is 1. The molecular formula is C17H15NO2S2. The maximum absolute atomic E-state index is 10.5. The van der Waals surface area contributed by atoms with Crippen molar-refractivity contribution < 1.29 is 9.53 Å². The van der Waals surface area contributed by atoms with E-state index >= 15 is 0 Å². The molecule has 0 heterocycles.